The van der Waals surface area contributed by atoms with E-state index in [0.29, 0.717) is 5.92 Å². The molecule has 4 aromatic rings. The normalized spacial score (nSPS) is 12.8. The molecule has 0 aliphatic rings. The van der Waals surface area contributed by atoms with Crippen LogP contribution in [-0.2, 0) is 6.42 Å². The molecule has 0 radical (unpaired) electrons. The highest BCUT2D eigenvalue weighted by molar-refractivity contribution is 5.83. The number of aromatic nitrogens is 2. The van der Waals surface area contributed by atoms with Gasteiger partial charge in [-0.25, -0.2) is 4.98 Å². The highest BCUT2D eigenvalue weighted by Crippen LogP contribution is 2.24. The van der Waals surface area contributed by atoms with Crippen LogP contribution in [0.2, 0.25) is 0 Å². The van der Waals surface area contributed by atoms with E-state index >= 15 is 0 Å². The van der Waals surface area contributed by atoms with Gasteiger partial charge in [0.15, 0.2) is 0 Å². The Labute approximate surface area is 129 Å². The van der Waals surface area contributed by atoms with Crippen molar-refractivity contribution in [2.75, 3.05) is 0 Å². The van der Waals surface area contributed by atoms with Gasteiger partial charge in [-0.15, -0.1) is 0 Å². The van der Waals surface area contributed by atoms with Crippen LogP contribution in [0.1, 0.15) is 24.2 Å². The summed E-state index contributed by atoms with van der Waals surface area (Å²) >= 11 is 0. The number of nitrogens with zero attached hydrogens (tertiary/aromatic N) is 1. The van der Waals surface area contributed by atoms with Crippen molar-refractivity contribution in [3.8, 4) is 0 Å². The fourth-order valence-electron chi connectivity index (χ4n) is 3.02. The first-order valence-corrected chi connectivity index (χ1v) is 7.72. The van der Waals surface area contributed by atoms with E-state index in [1.807, 2.05) is 12.1 Å². The molecular formula is C20H18N2. The van der Waals surface area contributed by atoms with E-state index < -0.39 is 0 Å². The van der Waals surface area contributed by atoms with Crippen molar-refractivity contribution in [1.29, 1.82) is 0 Å². The molecule has 0 fully saturated rings. The van der Waals surface area contributed by atoms with Gasteiger partial charge in [0.05, 0.1) is 11.0 Å². The van der Waals surface area contributed by atoms with Crippen LogP contribution in [0.15, 0.2) is 66.7 Å². The number of rotatable bonds is 3. The van der Waals surface area contributed by atoms with Gasteiger partial charge in [-0.3, -0.25) is 0 Å². The SMILES string of the molecule is CC(Cc1nc2ccccc2[nH]1)c1ccc2ccccc2c1. The molecule has 22 heavy (non-hydrogen) atoms. The average Bonchev–Trinajstić information content (AvgIpc) is 2.96. The second kappa shape index (κ2) is 5.30. The summed E-state index contributed by atoms with van der Waals surface area (Å²) in [5.41, 5.74) is 3.52. The number of fused-ring (bicyclic) bond motifs is 2. The Morgan fingerprint density at radius 1 is 0.909 bits per heavy atom. The molecule has 0 saturated heterocycles. The zero-order valence-electron chi connectivity index (χ0n) is 12.6. The lowest BCUT2D eigenvalue weighted by atomic mass is 9.95. The van der Waals surface area contributed by atoms with Gasteiger partial charge in [-0.05, 0) is 34.4 Å². The molecule has 0 spiro atoms. The van der Waals surface area contributed by atoms with Gasteiger partial charge in [0.25, 0.3) is 0 Å². The zero-order valence-corrected chi connectivity index (χ0v) is 12.6. The predicted molar refractivity (Wildman–Crippen MR) is 92.2 cm³/mol. The molecule has 108 valence electrons. The van der Waals surface area contributed by atoms with E-state index in [1.165, 1.54) is 16.3 Å². The lowest BCUT2D eigenvalue weighted by molar-refractivity contribution is 0.730. The third kappa shape index (κ3) is 2.37. The molecule has 0 amide bonds. The fourth-order valence-corrected chi connectivity index (χ4v) is 3.02. The van der Waals surface area contributed by atoms with E-state index in [1.54, 1.807) is 0 Å². The van der Waals surface area contributed by atoms with Crippen LogP contribution < -0.4 is 0 Å². The molecule has 0 aliphatic heterocycles. The number of para-hydroxylation sites is 2. The molecule has 2 nitrogen and oxygen atoms in total. The molecule has 1 unspecified atom stereocenters. The van der Waals surface area contributed by atoms with Crippen molar-refractivity contribution in [3.05, 3.63) is 78.1 Å². The van der Waals surface area contributed by atoms with Crippen LogP contribution in [0.25, 0.3) is 21.8 Å². The van der Waals surface area contributed by atoms with E-state index in [4.69, 9.17) is 0 Å². The van der Waals surface area contributed by atoms with Crippen LogP contribution in [-0.4, -0.2) is 9.97 Å². The summed E-state index contributed by atoms with van der Waals surface area (Å²) in [6.07, 6.45) is 0.924. The third-order valence-electron chi connectivity index (χ3n) is 4.28. The van der Waals surface area contributed by atoms with Crippen LogP contribution in [0, 0.1) is 0 Å². The fraction of sp³-hybridized carbons (Fsp3) is 0.150. The monoisotopic (exact) mass is 286 g/mol. The maximum absolute atomic E-state index is 4.68. The van der Waals surface area contributed by atoms with Gasteiger partial charge in [-0.1, -0.05) is 61.5 Å². The average molecular weight is 286 g/mol. The van der Waals surface area contributed by atoms with Crippen molar-refractivity contribution in [3.63, 3.8) is 0 Å². The molecule has 0 saturated carbocycles. The topological polar surface area (TPSA) is 28.7 Å². The van der Waals surface area contributed by atoms with E-state index in [9.17, 15) is 0 Å². The summed E-state index contributed by atoms with van der Waals surface area (Å²) in [5, 5.41) is 2.60. The Hall–Kier alpha value is -2.61. The number of aromatic amines is 1. The van der Waals surface area contributed by atoms with Crippen LogP contribution >= 0.6 is 0 Å². The third-order valence-corrected chi connectivity index (χ3v) is 4.28. The smallest absolute Gasteiger partial charge is 0.107 e. The Bertz CT molecular complexity index is 903. The molecule has 1 N–H and O–H groups in total. The van der Waals surface area contributed by atoms with Gasteiger partial charge in [0.1, 0.15) is 5.82 Å². The first-order chi connectivity index (χ1) is 10.8. The number of H-pyrrole nitrogens is 1. The minimum Gasteiger partial charge on any atom is -0.342 e. The molecule has 0 aliphatic carbocycles. The van der Waals surface area contributed by atoms with E-state index in [0.717, 1.165) is 23.3 Å². The number of hydrogen-bond donors (Lipinski definition) is 1. The number of hydrogen-bond acceptors (Lipinski definition) is 1. The first-order valence-electron chi connectivity index (χ1n) is 7.72. The minimum atomic E-state index is 0.435. The second-order valence-electron chi connectivity index (χ2n) is 5.91. The van der Waals surface area contributed by atoms with E-state index in [-0.39, 0.29) is 0 Å². The van der Waals surface area contributed by atoms with Crippen LogP contribution in [0.3, 0.4) is 0 Å². The number of imidazole rings is 1. The summed E-state index contributed by atoms with van der Waals surface area (Å²) in [4.78, 5) is 8.11. The predicted octanol–water partition coefficient (Wildman–Crippen LogP) is 5.06. The van der Waals surface area contributed by atoms with Gasteiger partial charge >= 0.3 is 0 Å². The number of benzene rings is 3. The second-order valence-corrected chi connectivity index (χ2v) is 5.91. The van der Waals surface area contributed by atoms with Crippen molar-refractivity contribution in [1.82, 2.24) is 9.97 Å². The van der Waals surface area contributed by atoms with E-state index in [2.05, 4.69) is 71.5 Å². The van der Waals surface area contributed by atoms with Crippen molar-refractivity contribution >= 4 is 21.8 Å². The van der Waals surface area contributed by atoms with Gasteiger partial charge in [0, 0.05) is 6.42 Å². The molecular weight excluding hydrogens is 268 g/mol. The van der Waals surface area contributed by atoms with Crippen molar-refractivity contribution < 1.29 is 0 Å². The standard InChI is InChI=1S/C20H18N2/c1-14(12-20-21-18-8-4-5-9-19(18)22-20)16-11-10-15-6-2-3-7-17(15)13-16/h2-11,13-14H,12H2,1H3,(H,21,22). The molecule has 0 bridgehead atoms. The quantitative estimate of drug-likeness (QED) is 0.560. The van der Waals surface area contributed by atoms with Gasteiger partial charge in [0.2, 0.25) is 0 Å². The molecule has 1 atom stereocenters. The lowest BCUT2D eigenvalue weighted by Crippen LogP contribution is -2.00. The van der Waals surface area contributed by atoms with Gasteiger partial charge in [-0.2, -0.15) is 0 Å². The summed E-state index contributed by atoms with van der Waals surface area (Å²) in [7, 11) is 0. The van der Waals surface area contributed by atoms with Crippen molar-refractivity contribution in [2.45, 2.75) is 19.3 Å². The summed E-state index contributed by atoms with van der Waals surface area (Å²) < 4.78 is 0. The molecule has 4 rings (SSSR count). The summed E-state index contributed by atoms with van der Waals surface area (Å²) in [6, 6.07) is 23.4. The Balaban J connectivity index is 1.63. The minimum absolute atomic E-state index is 0.435. The summed E-state index contributed by atoms with van der Waals surface area (Å²) in [5.74, 6) is 1.49. The maximum Gasteiger partial charge on any atom is 0.107 e. The summed E-state index contributed by atoms with van der Waals surface area (Å²) in [6.45, 7) is 2.26. The van der Waals surface area contributed by atoms with Gasteiger partial charge < -0.3 is 4.98 Å². The highest BCUT2D eigenvalue weighted by atomic mass is 14.9. The first kappa shape index (κ1) is 13.1. The molecule has 1 heterocycles. The van der Waals surface area contributed by atoms with Crippen LogP contribution in [0.5, 0.6) is 0 Å². The Morgan fingerprint density at radius 2 is 1.68 bits per heavy atom. The highest BCUT2D eigenvalue weighted by Gasteiger charge is 2.10. The maximum atomic E-state index is 4.68. The largest absolute Gasteiger partial charge is 0.342 e. The molecule has 1 aromatic heterocycles. The zero-order chi connectivity index (χ0) is 14.9. The van der Waals surface area contributed by atoms with Crippen LogP contribution in [0.4, 0.5) is 0 Å². The molecule has 2 heteroatoms. The lowest BCUT2D eigenvalue weighted by Gasteiger charge is -2.11. The Kier molecular flexibility index (Phi) is 3.15. The molecule has 3 aromatic carbocycles. The van der Waals surface area contributed by atoms with Crippen molar-refractivity contribution in [2.24, 2.45) is 0 Å². The Morgan fingerprint density at radius 3 is 2.55 bits per heavy atom. The number of nitrogens with one attached hydrogen (secondary N) is 1.